The van der Waals surface area contributed by atoms with Gasteiger partial charge in [-0.15, -0.1) is 0 Å². The second-order valence-corrected chi connectivity index (χ2v) is 8.57. The van der Waals surface area contributed by atoms with Gasteiger partial charge in [-0.2, -0.15) is 0 Å². The van der Waals surface area contributed by atoms with Crippen LogP contribution in [0.1, 0.15) is 25.0 Å². The SMILES string of the molecule is CCN=C1S/C(=C/c2cc(Cl)c(OCC(=O)Nc3ccc(C)cc3)c(OC)c2)C(=O)N1CC. The van der Waals surface area contributed by atoms with Crippen LogP contribution in [-0.4, -0.2) is 48.7 Å². The Labute approximate surface area is 202 Å². The molecule has 9 heteroatoms. The highest BCUT2D eigenvalue weighted by Gasteiger charge is 2.32. The van der Waals surface area contributed by atoms with E-state index in [1.54, 1.807) is 23.1 Å². The molecule has 0 aliphatic carbocycles. The number of hydrogen-bond donors (Lipinski definition) is 1. The number of thioether (sulfide) groups is 1. The van der Waals surface area contributed by atoms with E-state index in [-0.39, 0.29) is 29.2 Å². The van der Waals surface area contributed by atoms with E-state index in [1.165, 1.54) is 18.9 Å². The van der Waals surface area contributed by atoms with Gasteiger partial charge in [0.25, 0.3) is 11.8 Å². The lowest BCUT2D eigenvalue weighted by atomic mass is 10.1. The number of carbonyl (C=O) groups excluding carboxylic acids is 2. The molecule has 0 bridgehead atoms. The number of methoxy groups -OCH3 is 1. The molecule has 2 amide bonds. The standard InChI is InChI=1S/C24H26ClN3O4S/c1-5-26-24-28(6-2)23(30)20(33-24)13-16-11-18(25)22(19(12-16)31-4)32-14-21(29)27-17-9-7-15(3)8-10-17/h7-13H,5-6,14H2,1-4H3,(H,27,29)/b20-13+,26-24?. The monoisotopic (exact) mass is 487 g/mol. The summed E-state index contributed by atoms with van der Waals surface area (Å²) in [4.78, 5) is 31.6. The van der Waals surface area contributed by atoms with Crippen LogP contribution >= 0.6 is 23.4 Å². The topological polar surface area (TPSA) is 80.2 Å². The number of benzene rings is 2. The lowest BCUT2D eigenvalue weighted by molar-refractivity contribution is -0.122. The number of nitrogens with zero attached hydrogens (tertiary/aromatic N) is 2. The summed E-state index contributed by atoms with van der Waals surface area (Å²) in [6.07, 6.45) is 1.75. The van der Waals surface area contributed by atoms with Crippen LogP contribution in [0.2, 0.25) is 5.02 Å². The summed E-state index contributed by atoms with van der Waals surface area (Å²) in [5.74, 6) is 0.202. The Morgan fingerprint density at radius 2 is 1.97 bits per heavy atom. The molecule has 7 nitrogen and oxygen atoms in total. The van der Waals surface area contributed by atoms with Gasteiger partial charge in [-0.05, 0) is 68.4 Å². The fraction of sp³-hybridized carbons (Fsp3) is 0.292. The molecule has 1 heterocycles. The molecule has 1 N–H and O–H groups in total. The van der Waals surface area contributed by atoms with Crippen LogP contribution in [0.15, 0.2) is 46.3 Å². The number of aryl methyl sites for hydroxylation is 1. The van der Waals surface area contributed by atoms with E-state index >= 15 is 0 Å². The van der Waals surface area contributed by atoms with Crippen LogP contribution in [0.4, 0.5) is 5.69 Å². The first-order valence-corrected chi connectivity index (χ1v) is 11.7. The van der Waals surface area contributed by atoms with E-state index in [4.69, 9.17) is 21.1 Å². The van der Waals surface area contributed by atoms with Crippen molar-refractivity contribution in [1.29, 1.82) is 0 Å². The predicted molar refractivity (Wildman–Crippen MR) is 134 cm³/mol. The molecule has 1 aliphatic rings. The lowest BCUT2D eigenvalue weighted by Gasteiger charge is -2.14. The van der Waals surface area contributed by atoms with Gasteiger partial charge in [-0.1, -0.05) is 29.3 Å². The Bertz CT molecular complexity index is 1100. The highest BCUT2D eigenvalue weighted by Crippen LogP contribution is 2.39. The van der Waals surface area contributed by atoms with Gasteiger partial charge in [-0.25, -0.2) is 0 Å². The van der Waals surface area contributed by atoms with Crippen LogP contribution in [0.25, 0.3) is 6.08 Å². The third-order valence-electron chi connectivity index (χ3n) is 4.73. The summed E-state index contributed by atoms with van der Waals surface area (Å²) >= 11 is 7.77. The number of carbonyl (C=O) groups is 2. The lowest BCUT2D eigenvalue weighted by Crippen LogP contribution is -2.28. The third kappa shape index (κ3) is 6.09. The van der Waals surface area contributed by atoms with Crippen LogP contribution in [0.5, 0.6) is 11.5 Å². The summed E-state index contributed by atoms with van der Waals surface area (Å²) in [5.41, 5.74) is 2.46. The number of hydrogen-bond acceptors (Lipinski definition) is 6. The van der Waals surface area contributed by atoms with E-state index in [0.29, 0.717) is 40.2 Å². The molecule has 0 aromatic heterocycles. The molecule has 0 radical (unpaired) electrons. The highest BCUT2D eigenvalue weighted by atomic mass is 35.5. The summed E-state index contributed by atoms with van der Waals surface area (Å²) in [5, 5.41) is 3.73. The third-order valence-corrected chi connectivity index (χ3v) is 6.06. The fourth-order valence-electron chi connectivity index (χ4n) is 3.13. The first-order valence-electron chi connectivity index (χ1n) is 10.5. The second-order valence-electron chi connectivity index (χ2n) is 7.15. The number of anilines is 1. The van der Waals surface area contributed by atoms with Gasteiger partial charge >= 0.3 is 0 Å². The van der Waals surface area contributed by atoms with Gasteiger partial charge < -0.3 is 14.8 Å². The van der Waals surface area contributed by atoms with E-state index in [9.17, 15) is 9.59 Å². The first-order chi connectivity index (χ1) is 15.9. The minimum Gasteiger partial charge on any atom is -0.493 e. The zero-order chi connectivity index (χ0) is 24.0. The molecule has 3 rings (SSSR count). The quantitative estimate of drug-likeness (QED) is 0.531. The minimum absolute atomic E-state index is 0.0992. The molecule has 1 aliphatic heterocycles. The Morgan fingerprint density at radius 3 is 2.61 bits per heavy atom. The maximum atomic E-state index is 12.7. The average molecular weight is 488 g/mol. The Kier molecular flexibility index (Phi) is 8.41. The van der Waals surface area contributed by atoms with Crippen molar-refractivity contribution in [1.82, 2.24) is 4.90 Å². The number of aliphatic imine (C=N–C) groups is 1. The number of amides is 2. The molecule has 1 fully saturated rings. The molecule has 2 aromatic carbocycles. The summed E-state index contributed by atoms with van der Waals surface area (Å²) in [7, 11) is 1.49. The van der Waals surface area contributed by atoms with Gasteiger partial charge in [0.15, 0.2) is 23.3 Å². The van der Waals surface area contributed by atoms with E-state index in [2.05, 4.69) is 10.3 Å². The van der Waals surface area contributed by atoms with Gasteiger partial charge in [0, 0.05) is 18.8 Å². The molecule has 0 atom stereocenters. The van der Waals surface area contributed by atoms with Crippen molar-refractivity contribution in [3.05, 3.63) is 57.5 Å². The van der Waals surface area contributed by atoms with E-state index in [1.807, 2.05) is 45.0 Å². The van der Waals surface area contributed by atoms with E-state index in [0.717, 1.165) is 5.56 Å². The van der Waals surface area contributed by atoms with Crippen LogP contribution in [0, 0.1) is 6.92 Å². The van der Waals surface area contributed by atoms with Gasteiger partial charge in [-0.3, -0.25) is 19.5 Å². The number of halogens is 1. The number of ether oxygens (including phenoxy) is 2. The Balaban J connectivity index is 1.75. The fourth-order valence-corrected chi connectivity index (χ4v) is 4.50. The van der Waals surface area contributed by atoms with Crippen molar-refractivity contribution in [2.45, 2.75) is 20.8 Å². The van der Waals surface area contributed by atoms with Gasteiger partial charge in [0.1, 0.15) is 0 Å². The van der Waals surface area contributed by atoms with Crippen LogP contribution in [0.3, 0.4) is 0 Å². The smallest absolute Gasteiger partial charge is 0.266 e. The molecule has 2 aromatic rings. The number of nitrogens with one attached hydrogen (secondary N) is 1. The van der Waals surface area contributed by atoms with Crippen LogP contribution in [-0.2, 0) is 9.59 Å². The number of likely N-dealkylation sites (N-methyl/N-ethyl adjacent to an activating group) is 1. The first kappa shape index (κ1) is 24.7. The zero-order valence-electron chi connectivity index (χ0n) is 19.0. The van der Waals surface area contributed by atoms with Crippen LogP contribution < -0.4 is 14.8 Å². The maximum absolute atomic E-state index is 12.7. The van der Waals surface area contributed by atoms with Gasteiger partial charge in [0.05, 0.1) is 17.0 Å². The summed E-state index contributed by atoms with van der Waals surface area (Å²) in [6, 6.07) is 10.8. The molecule has 0 unspecified atom stereocenters. The van der Waals surface area contributed by atoms with Crippen molar-refractivity contribution in [3.8, 4) is 11.5 Å². The van der Waals surface area contributed by atoms with Crippen molar-refractivity contribution < 1.29 is 19.1 Å². The predicted octanol–water partition coefficient (Wildman–Crippen LogP) is 4.99. The zero-order valence-corrected chi connectivity index (χ0v) is 20.5. The van der Waals surface area contributed by atoms with Crippen molar-refractivity contribution in [2.24, 2.45) is 4.99 Å². The molecule has 174 valence electrons. The van der Waals surface area contributed by atoms with Crippen molar-refractivity contribution >= 4 is 52.1 Å². The second kappa shape index (κ2) is 11.2. The normalized spacial score (nSPS) is 15.9. The molecule has 1 saturated heterocycles. The molecule has 0 saturated carbocycles. The number of rotatable bonds is 8. The summed E-state index contributed by atoms with van der Waals surface area (Å²) < 4.78 is 11.1. The summed E-state index contributed by atoms with van der Waals surface area (Å²) in [6.45, 7) is 6.72. The Morgan fingerprint density at radius 1 is 1.24 bits per heavy atom. The molecule has 33 heavy (non-hydrogen) atoms. The molecular formula is C24H26ClN3O4S. The molecular weight excluding hydrogens is 462 g/mol. The largest absolute Gasteiger partial charge is 0.493 e. The number of amidine groups is 1. The van der Waals surface area contributed by atoms with Crippen molar-refractivity contribution in [3.63, 3.8) is 0 Å². The van der Waals surface area contributed by atoms with Crippen molar-refractivity contribution in [2.75, 3.05) is 32.1 Å². The van der Waals surface area contributed by atoms with Gasteiger partial charge in [0.2, 0.25) is 0 Å². The van der Waals surface area contributed by atoms with E-state index < -0.39 is 0 Å². The molecule has 0 spiro atoms. The Hall–Kier alpha value is -2.97. The minimum atomic E-state index is -0.321. The average Bonchev–Trinajstić information content (AvgIpc) is 3.08. The highest BCUT2D eigenvalue weighted by molar-refractivity contribution is 8.18. The maximum Gasteiger partial charge on any atom is 0.266 e.